The number of halogens is 2. The summed E-state index contributed by atoms with van der Waals surface area (Å²) in [5.41, 5.74) is 6.10. The van der Waals surface area contributed by atoms with Crippen molar-refractivity contribution in [2.24, 2.45) is 0 Å². The lowest BCUT2D eigenvalue weighted by Gasteiger charge is -1.95. The Kier molecular flexibility index (Phi) is 3.39. The summed E-state index contributed by atoms with van der Waals surface area (Å²) >= 11 is 9.01. The number of hydrogen-bond acceptors (Lipinski definition) is 2. The van der Waals surface area contributed by atoms with Crippen molar-refractivity contribution in [3.63, 3.8) is 0 Å². The minimum atomic E-state index is 0.407. The van der Waals surface area contributed by atoms with Gasteiger partial charge in [-0.25, -0.2) is 4.98 Å². The van der Waals surface area contributed by atoms with Gasteiger partial charge in [0.1, 0.15) is 5.82 Å². The maximum absolute atomic E-state index is 5.83. The number of hydrogen-bond donors (Lipinski definition) is 1. The topological polar surface area (TPSA) is 38.9 Å². The van der Waals surface area contributed by atoms with Crippen molar-refractivity contribution in [3.8, 4) is 11.8 Å². The SMILES string of the molecule is Nc1cc(Cl)c(C#CCBr)cn1. The van der Waals surface area contributed by atoms with E-state index in [0.29, 0.717) is 21.7 Å². The second-order valence-corrected chi connectivity index (χ2v) is 2.99. The van der Waals surface area contributed by atoms with E-state index < -0.39 is 0 Å². The van der Waals surface area contributed by atoms with Gasteiger partial charge in [-0.1, -0.05) is 39.4 Å². The molecular formula is C8H6BrClN2. The highest BCUT2D eigenvalue weighted by Gasteiger charge is 1.96. The quantitative estimate of drug-likeness (QED) is 0.561. The molecule has 2 N–H and O–H groups in total. The van der Waals surface area contributed by atoms with Crippen molar-refractivity contribution >= 4 is 33.3 Å². The lowest BCUT2D eigenvalue weighted by Crippen LogP contribution is -1.90. The molecule has 0 spiro atoms. The summed E-state index contributed by atoms with van der Waals surface area (Å²) in [6.45, 7) is 0. The Morgan fingerprint density at radius 2 is 2.42 bits per heavy atom. The molecule has 0 radical (unpaired) electrons. The van der Waals surface area contributed by atoms with E-state index in [4.69, 9.17) is 17.3 Å². The van der Waals surface area contributed by atoms with Crippen LogP contribution in [0, 0.1) is 11.8 Å². The van der Waals surface area contributed by atoms with Gasteiger partial charge in [-0.2, -0.15) is 0 Å². The Bertz CT molecular complexity index is 341. The molecule has 12 heavy (non-hydrogen) atoms. The maximum atomic E-state index is 5.83. The summed E-state index contributed by atoms with van der Waals surface area (Å²) in [6.07, 6.45) is 1.56. The number of aromatic nitrogens is 1. The molecule has 0 aliphatic carbocycles. The molecule has 1 heterocycles. The number of nitrogen functional groups attached to an aromatic ring is 1. The zero-order valence-corrected chi connectivity index (χ0v) is 8.48. The number of pyridine rings is 1. The van der Waals surface area contributed by atoms with Gasteiger partial charge in [0.2, 0.25) is 0 Å². The molecule has 1 aromatic heterocycles. The molecule has 0 unspecified atom stereocenters. The first-order valence-corrected chi connectivity index (χ1v) is 4.70. The van der Waals surface area contributed by atoms with Crippen LogP contribution in [0.5, 0.6) is 0 Å². The van der Waals surface area contributed by atoms with Gasteiger partial charge in [-0.3, -0.25) is 0 Å². The van der Waals surface area contributed by atoms with Gasteiger partial charge in [-0.05, 0) is 0 Å². The first-order valence-electron chi connectivity index (χ1n) is 3.20. The average Bonchev–Trinajstić information content (AvgIpc) is 2.03. The van der Waals surface area contributed by atoms with Crippen LogP contribution < -0.4 is 5.73 Å². The van der Waals surface area contributed by atoms with Crippen molar-refractivity contribution in [1.29, 1.82) is 0 Å². The van der Waals surface area contributed by atoms with E-state index in [-0.39, 0.29) is 0 Å². The molecule has 0 amide bonds. The normalized spacial score (nSPS) is 8.83. The summed E-state index contributed by atoms with van der Waals surface area (Å²) in [7, 11) is 0. The molecule has 0 aromatic carbocycles. The summed E-state index contributed by atoms with van der Waals surface area (Å²) in [5.74, 6) is 6.08. The first-order chi connectivity index (χ1) is 5.74. The summed E-state index contributed by atoms with van der Waals surface area (Å²) in [5, 5.41) is 1.16. The van der Waals surface area contributed by atoms with Gasteiger partial charge in [0.15, 0.2) is 0 Å². The van der Waals surface area contributed by atoms with Crippen LogP contribution in [-0.2, 0) is 0 Å². The van der Waals surface area contributed by atoms with E-state index >= 15 is 0 Å². The molecule has 1 aromatic rings. The fourth-order valence-corrected chi connectivity index (χ4v) is 1.01. The average molecular weight is 246 g/mol. The Balaban J connectivity index is 3.01. The van der Waals surface area contributed by atoms with E-state index in [2.05, 4.69) is 32.8 Å². The number of alkyl halides is 1. The van der Waals surface area contributed by atoms with Crippen molar-refractivity contribution in [3.05, 3.63) is 22.8 Å². The molecule has 0 aliphatic rings. The zero-order chi connectivity index (χ0) is 8.97. The van der Waals surface area contributed by atoms with E-state index in [9.17, 15) is 0 Å². The van der Waals surface area contributed by atoms with Crippen molar-refractivity contribution in [1.82, 2.24) is 4.98 Å². The van der Waals surface area contributed by atoms with E-state index in [1.165, 1.54) is 0 Å². The smallest absolute Gasteiger partial charge is 0.124 e. The van der Waals surface area contributed by atoms with Crippen LogP contribution >= 0.6 is 27.5 Å². The van der Waals surface area contributed by atoms with Gasteiger partial charge in [0.25, 0.3) is 0 Å². The Morgan fingerprint density at radius 1 is 1.67 bits per heavy atom. The summed E-state index contributed by atoms with van der Waals surface area (Å²) in [6, 6.07) is 1.58. The zero-order valence-electron chi connectivity index (χ0n) is 6.14. The van der Waals surface area contributed by atoms with Gasteiger partial charge in [0.05, 0.1) is 15.9 Å². The van der Waals surface area contributed by atoms with Crippen LogP contribution in [-0.4, -0.2) is 10.3 Å². The fourth-order valence-electron chi connectivity index (χ4n) is 0.666. The van der Waals surface area contributed by atoms with Gasteiger partial charge >= 0.3 is 0 Å². The standard InChI is InChI=1S/C8H6BrClN2/c9-3-1-2-6-5-12-8(11)4-7(6)10/h4-5H,3H2,(H2,11,12). The van der Waals surface area contributed by atoms with Crippen LogP contribution in [0.15, 0.2) is 12.3 Å². The van der Waals surface area contributed by atoms with E-state index in [1.54, 1.807) is 12.3 Å². The molecule has 0 saturated heterocycles. The molecule has 62 valence electrons. The van der Waals surface area contributed by atoms with E-state index in [0.717, 1.165) is 0 Å². The Labute approximate surface area is 84.3 Å². The monoisotopic (exact) mass is 244 g/mol. The molecule has 0 saturated carbocycles. The highest BCUT2D eigenvalue weighted by Crippen LogP contribution is 2.15. The van der Waals surface area contributed by atoms with E-state index in [1.807, 2.05) is 0 Å². The fraction of sp³-hybridized carbons (Fsp3) is 0.125. The predicted octanol–water partition coefficient (Wildman–Crippen LogP) is 2.06. The highest BCUT2D eigenvalue weighted by molar-refractivity contribution is 9.09. The molecule has 1 rings (SSSR count). The van der Waals surface area contributed by atoms with Crippen molar-refractivity contribution in [2.75, 3.05) is 11.1 Å². The highest BCUT2D eigenvalue weighted by atomic mass is 79.9. The molecule has 0 atom stereocenters. The molecule has 2 nitrogen and oxygen atoms in total. The summed E-state index contributed by atoms with van der Waals surface area (Å²) in [4.78, 5) is 3.87. The molecule has 0 aliphatic heterocycles. The van der Waals surface area contributed by atoms with Crippen molar-refractivity contribution < 1.29 is 0 Å². The lowest BCUT2D eigenvalue weighted by molar-refractivity contribution is 1.32. The van der Waals surface area contributed by atoms with Gasteiger partial charge in [0, 0.05) is 12.3 Å². The van der Waals surface area contributed by atoms with Crippen LogP contribution in [0.25, 0.3) is 0 Å². The number of nitrogens with zero attached hydrogens (tertiary/aromatic N) is 1. The maximum Gasteiger partial charge on any atom is 0.124 e. The predicted molar refractivity (Wildman–Crippen MR) is 54.3 cm³/mol. The lowest BCUT2D eigenvalue weighted by atomic mass is 10.3. The minimum absolute atomic E-state index is 0.407. The molecule has 0 fully saturated rings. The van der Waals surface area contributed by atoms with Gasteiger partial charge in [-0.15, -0.1) is 0 Å². The third-order valence-electron chi connectivity index (χ3n) is 1.16. The largest absolute Gasteiger partial charge is 0.384 e. The number of nitrogens with two attached hydrogens (primary N) is 1. The molecular weight excluding hydrogens is 239 g/mol. The summed E-state index contributed by atoms with van der Waals surface area (Å²) < 4.78 is 0. The first kappa shape index (κ1) is 9.37. The molecule has 0 bridgehead atoms. The molecule has 4 heteroatoms. The second kappa shape index (κ2) is 4.34. The van der Waals surface area contributed by atoms with Crippen LogP contribution in [0.3, 0.4) is 0 Å². The van der Waals surface area contributed by atoms with Crippen LogP contribution in [0.1, 0.15) is 5.56 Å². The third-order valence-corrected chi connectivity index (χ3v) is 1.76. The van der Waals surface area contributed by atoms with Crippen LogP contribution in [0.2, 0.25) is 5.02 Å². The minimum Gasteiger partial charge on any atom is -0.384 e. The third kappa shape index (κ3) is 2.40. The Hall–Kier alpha value is -0.720. The van der Waals surface area contributed by atoms with Gasteiger partial charge < -0.3 is 5.73 Å². The number of anilines is 1. The van der Waals surface area contributed by atoms with Crippen LogP contribution in [0.4, 0.5) is 5.82 Å². The van der Waals surface area contributed by atoms with Crippen molar-refractivity contribution in [2.45, 2.75) is 0 Å². The number of rotatable bonds is 0. The Morgan fingerprint density at radius 3 is 3.00 bits per heavy atom. The second-order valence-electron chi connectivity index (χ2n) is 2.02.